The molecule has 1 N–H and O–H groups in total. The van der Waals surface area contributed by atoms with Gasteiger partial charge in [0.1, 0.15) is 23.6 Å². The topological polar surface area (TPSA) is 109 Å². The van der Waals surface area contributed by atoms with Gasteiger partial charge in [-0.1, -0.05) is 12.1 Å². The molecule has 0 fully saturated rings. The lowest BCUT2D eigenvalue weighted by Gasteiger charge is -2.19. The number of hydrogen-bond donors (Lipinski definition) is 1. The molecule has 0 radical (unpaired) electrons. The number of carbonyl (C=O) groups is 3. The second kappa shape index (κ2) is 11.7. The van der Waals surface area contributed by atoms with E-state index in [4.69, 9.17) is 23.7 Å². The summed E-state index contributed by atoms with van der Waals surface area (Å²) in [7, 11) is 0. The lowest BCUT2D eigenvalue weighted by molar-refractivity contribution is 0.00692. The van der Waals surface area contributed by atoms with E-state index in [0.29, 0.717) is 11.3 Å². The van der Waals surface area contributed by atoms with E-state index in [0.717, 1.165) is 10.8 Å². The van der Waals surface area contributed by atoms with E-state index in [1.54, 1.807) is 57.2 Å². The molecule has 2 aromatic rings. The predicted octanol–water partition coefficient (Wildman–Crippen LogP) is 4.85. The van der Waals surface area contributed by atoms with Gasteiger partial charge in [0.15, 0.2) is 0 Å². The first-order valence-corrected chi connectivity index (χ1v) is 11.0. The molecule has 0 heterocycles. The maximum absolute atomic E-state index is 12.2. The second-order valence-electron chi connectivity index (χ2n) is 9.47. The number of hydrogen-bond acceptors (Lipinski definition) is 8. The smallest absolute Gasteiger partial charge is 0.456 e. The van der Waals surface area contributed by atoms with Crippen LogP contribution in [0.2, 0.25) is 0 Å². The Bertz CT molecular complexity index is 1000. The van der Waals surface area contributed by atoms with E-state index in [1.807, 2.05) is 20.8 Å². The molecule has 0 aliphatic heterocycles. The van der Waals surface area contributed by atoms with Crippen LogP contribution in [0.5, 0.6) is 5.75 Å². The molecule has 0 bridgehead atoms. The quantitative estimate of drug-likeness (QED) is 0.250. The van der Waals surface area contributed by atoms with Crippen molar-refractivity contribution in [1.82, 2.24) is 5.32 Å². The van der Waals surface area contributed by atoms with Crippen molar-refractivity contribution in [3.05, 3.63) is 42.0 Å². The SMILES string of the molecule is CC(C)(C)OC(=O)NCCOCCOC(=O)Oc1ccc2cc(C(=O)OC(C)(C)C)ccc2c1. The number of carbonyl (C=O) groups excluding carboxylic acids is 3. The minimum absolute atomic E-state index is 0.00188. The Morgan fingerprint density at radius 2 is 1.44 bits per heavy atom. The molecule has 9 heteroatoms. The number of fused-ring (bicyclic) bond motifs is 1. The highest BCUT2D eigenvalue weighted by Gasteiger charge is 2.18. The number of amides is 1. The molecule has 0 aliphatic rings. The van der Waals surface area contributed by atoms with Crippen LogP contribution < -0.4 is 10.1 Å². The maximum atomic E-state index is 12.2. The van der Waals surface area contributed by atoms with Gasteiger partial charge < -0.3 is 29.0 Å². The first-order valence-electron chi connectivity index (χ1n) is 11.0. The van der Waals surface area contributed by atoms with Gasteiger partial charge in [-0.25, -0.2) is 14.4 Å². The van der Waals surface area contributed by atoms with Gasteiger partial charge >= 0.3 is 18.2 Å². The Morgan fingerprint density at radius 3 is 2.12 bits per heavy atom. The van der Waals surface area contributed by atoms with Gasteiger partial charge in [0.25, 0.3) is 0 Å². The van der Waals surface area contributed by atoms with Crippen molar-refractivity contribution >= 4 is 29.0 Å². The molecule has 0 aliphatic carbocycles. The summed E-state index contributed by atoms with van der Waals surface area (Å²) < 4.78 is 26.0. The zero-order valence-electron chi connectivity index (χ0n) is 20.6. The molecule has 2 aromatic carbocycles. The summed E-state index contributed by atoms with van der Waals surface area (Å²) in [6.07, 6.45) is -1.38. The lowest BCUT2D eigenvalue weighted by atomic mass is 10.1. The largest absolute Gasteiger partial charge is 0.513 e. The van der Waals surface area contributed by atoms with Gasteiger partial charge in [0.05, 0.1) is 18.8 Å². The summed E-state index contributed by atoms with van der Waals surface area (Å²) in [5.41, 5.74) is -0.698. The van der Waals surface area contributed by atoms with Crippen LogP contribution in [0.3, 0.4) is 0 Å². The number of esters is 1. The third-order valence-electron chi connectivity index (χ3n) is 4.01. The molecule has 0 aromatic heterocycles. The summed E-state index contributed by atoms with van der Waals surface area (Å²) in [4.78, 5) is 35.6. The van der Waals surface area contributed by atoms with Crippen molar-refractivity contribution in [3.8, 4) is 5.75 Å². The van der Waals surface area contributed by atoms with Crippen LogP contribution in [0.1, 0.15) is 51.9 Å². The summed E-state index contributed by atoms with van der Waals surface area (Å²) >= 11 is 0. The van der Waals surface area contributed by atoms with Gasteiger partial charge in [-0.2, -0.15) is 0 Å². The van der Waals surface area contributed by atoms with E-state index in [9.17, 15) is 14.4 Å². The average molecular weight is 476 g/mol. The normalized spacial score (nSPS) is 11.6. The molecule has 186 valence electrons. The summed E-state index contributed by atoms with van der Waals surface area (Å²) in [5, 5.41) is 4.15. The minimum atomic E-state index is -0.861. The minimum Gasteiger partial charge on any atom is -0.456 e. The van der Waals surface area contributed by atoms with Crippen LogP contribution in [0.4, 0.5) is 9.59 Å². The maximum Gasteiger partial charge on any atom is 0.513 e. The number of ether oxygens (including phenoxy) is 5. The van der Waals surface area contributed by atoms with E-state index < -0.39 is 29.4 Å². The van der Waals surface area contributed by atoms with Crippen molar-refractivity contribution in [1.29, 1.82) is 0 Å². The molecular weight excluding hydrogens is 442 g/mol. The fourth-order valence-electron chi connectivity index (χ4n) is 2.70. The zero-order valence-corrected chi connectivity index (χ0v) is 20.6. The Labute approximate surface area is 199 Å². The van der Waals surface area contributed by atoms with E-state index in [1.165, 1.54) is 0 Å². The zero-order chi connectivity index (χ0) is 25.4. The molecule has 9 nitrogen and oxygen atoms in total. The summed E-state index contributed by atoms with van der Waals surface area (Å²) in [5.74, 6) is -0.0915. The highest BCUT2D eigenvalue weighted by atomic mass is 16.7. The average Bonchev–Trinajstić information content (AvgIpc) is 2.70. The molecule has 2 rings (SSSR count). The Hall–Kier alpha value is -3.33. The van der Waals surface area contributed by atoms with Crippen molar-refractivity contribution in [2.24, 2.45) is 0 Å². The Morgan fingerprint density at radius 1 is 0.794 bits per heavy atom. The molecule has 0 spiro atoms. The van der Waals surface area contributed by atoms with Crippen LogP contribution in [-0.4, -0.2) is 55.8 Å². The standard InChI is InChI=1S/C25H33NO8/c1-24(2,3)33-21(27)19-8-7-18-16-20(10-9-17(18)15-19)32-23(29)31-14-13-30-12-11-26-22(28)34-25(4,5)6/h7-10,15-16H,11-14H2,1-6H3,(H,26,28). The summed E-state index contributed by atoms with van der Waals surface area (Å²) in [6.45, 7) is 11.4. The lowest BCUT2D eigenvalue weighted by Crippen LogP contribution is -2.34. The van der Waals surface area contributed by atoms with E-state index >= 15 is 0 Å². The van der Waals surface area contributed by atoms with Crippen LogP contribution >= 0.6 is 0 Å². The molecule has 0 atom stereocenters. The van der Waals surface area contributed by atoms with Gasteiger partial charge in [-0.05, 0) is 76.6 Å². The number of alkyl carbamates (subject to hydrolysis) is 1. The Kier molecular flexibility index (Phi) is 9.26. The highest BCUT2D eigenvalue weighted by Crippen LogP contribution is 2.23. The number of nitrogens with one attached hydrogen (secondary N) is 1. The van der Waals surface area contributed by atoms with Crippen molar-refractivity contribution < 1.29 is 38.1 Å². The number of rotatable bonds is 8. The molecule has 1 amide bonds. The monoisotopic (exact) mass is 475 g/mol. The molecule has 0 unspecified atom stereocenters. The molecular formula is C25H33NO8. The van der Waals surface area contributed by atoms with Crippen LogP contribution in [-0.2, 0) is 18.9 Å². The van der Waals surface area contributed by atoms with Gasteiger partial charge in [-0.15, -0.1) is 0 Å². The predicted molar refractivity (Wildman–Crippen MR) is 126 cm³/mol. The Balaban J connectivity index is 1.73. The number of benzene rings is 2. The van der Waals surface area contributed by atoms with Crippen LogP contribution in [0.15, 0.2) is 36.4 Å². The van der Waals surface area contributed by atoms with Gasteiger partial charge in [0.2, 0.25) is 0 Å². The molecule has 0 saturated heterocycles. The third kappa shape index (κ3) is 10.1. The first-order chi connectivity index (χ1) is 15.8. The fourth-order valence-corrected chi connectivity index (χ4v) is 2.70. The fraction of sp³-hybridized carbons (Fsp3) is 0.480. The summed E-state index contributed by atoms with van der Waals surface area (Å²) in [6, 6.07) is 10.2. The van der Waals surface area contributed by atoms with Crippen molar-refractivity contribution in [2.45, 2.75) is 52.7 Å². The van der Waals surface area contributed by atoms with Crippen molar-refractivity contribution in [3.63, 3.8) is 0 Å². The first kappa shape index (κ1) is 26.9. The van der Waals surface area contributed by atoms with Gasteiger partial charge in [-0.3, -0.25) is 0 Å². The molecule has 34 heavy (non-hydrogen) atoms. The van der Waals surface area contributed by atoms with Crippen LogP contribution in [0, 0.1) is 0 Å². The third-order valence-corrected chi connectivity index (χ3v) is 4.01. The molecule has 0 saturated carbocycles. The van der Waals surface area contributed by atoms with Crippen LogP contribution in [0.25, 0.3) is 10.8 Å². The van der Waals surface area contributed by atoms with Gasteiger partial charge in [0, 0.05) is 6.54 Å². The van der Waals surface area contributed by atoms with E-state index in [2.05, 4.69) is 5.32 Å². The van der Waals surface area contributed by atoms with E-state index in [-0.39, 0.29) is 26.4 Å². The van der Waals surface area contributed by atoms with Crippen molar-refractivity contribution in [2.75, 3.05) is 26.4 Å². The second-order valence-corrected chi connectivity index (χ2v) is 9.47. The highest BCUT2D eigenvalue weighted by molar-refractivity contribution is 5.96.